The summed E-state index contributed by atoms with van der Waals surface area (Å²) in [5, 5.41) is 0. The Morgan fingerprint density at radius 3 is 2.64 bits per heavy atom. The summed E-state index contributed by atoms with van der Waals surface area (Å²) >= 11 is 0. The van der Waals surface area contributed by atoms with Crippen LogP contribution in [-0.4, -0.2) is 36.9 Å². The van der Waals surface area contributed by atoms with Crippen molar-refractivity contribution < 1.29 is 9.53 Å². The molecule has 0 spiro atoms. The zero-order valence-corrected chi connectivity index (χ0v) is 12.3. The number of ether oxygens (including phenoxy) is 1. The lowest BCUT2D eigenvalue weighted by Gasteiger charge is -2.01. The van der Waals surface area contributed by atoms with Gasteiger partial charge in [-0.1, -0.05) is 0 Å². The number of nitrogens with two attached hydrogens (primary N) is 1. The lowest BCUT2D eigenvalue weighted by atomic mass is 10.3. The second-order valence-electron chi connectivity index (χ2n) is 4.20. The molecule has 0 radical (unpaired) electrons. The standard InChI is InChI=1S/C10H11N3O2.C4H5N3/c1-3-15-10(14)9-7(2)12-8-6-11-4-5-13(8)9;5-4-3-6-1-2-7-4/h4-6H,3H2,1-2H3;1-3H,(H2,5,7). The first kappa shape index (κ1) is 15.4. The normalized spacial score (nSPS) is 9.91. The molecule has 0 saturated carbocycles. The van der Waals surface area contributed by atoms with E-state index in [0.717, 1.165) is 0 Å². The number of aromatic nitrogens is 5. The van der Waals surface area contributed by atoms with Crippen LogP contribution in [0.5, 0.6) is 0 Å². The number of rotatable bonds is 2. The van der Waals surface area contributed by atoms with E-state index in [2.05, 4.69) is 19.9 Å². The molecule has 3 heterocycles. The maximum absolute atomic E-state index is 11.6. The van der Waals surface area contributed by atoms with E-state index in [0.29, 0.717) is 29.5 Å². The minimum absolute atomic E-state index is 0.353. The van der Waals surface area contributed by atoms with Gasteiger partial charge in [-0.25, -0.2) is 14.8 Å². The number of anilines is 1. The second-order valence-corrected chi connectivity index (χ2v) is 4.20. The van der Waals surface area contributed by atoms with E-state index >= 15 is 0 Å². The van der Waals surface area contributed by atoms with E-state index in [9.17, 15) is 4.79 Å². The highest BCUT2D eigenvalue weighted by Crippen LogP contribution is 2.11. The molecule has 114 valence electrons. The molecule has 22 heavy (non-hydrogen) atoms. The van der Waals surface area contributed by atoms with Crippen LogP contribution in [0.2, 0.25) is 0 Å². The lowest BCUT2D eigenvalue weighted by Crippen LogP contribution is -2.09. The highest BCUT2D eigenvalue weighted by atomic mass is 16.5. The number of nitrogens with zero attached hydrogens (tertiary/aromatic N) is 5. The first-order chi connectivity index (χ1) is 10.6. The molecule has 8 heteroatoms. The van der Waals surface area contributed by atoms with E-state index in [4.69, 9.17) is 10.5 Å². The van der Waals surface area contributed by atoms with Gasteiger partial charge in [-0.3, -0.25) is 14.4 Å². The third kappa shape index (κ3) is 3.54. The van der Waals surface area contributed by atoms with Gasteiger partial charge in [-0.2, -0.15) is 0 Å². The number of aryl methyl sites for hydroxylation is 1. The predicted octanol–water partition coefficient (Wildman–Crippen LogP) is 1.27. The molecule has 3 aromatic heterocycles. The molecular weight excluding hydrogens is 284 g/mol. The van der Waals surface area contributed by atoms with Crippen LogP contribution in [-0.2, 0) is 4.74 Å². The smallest absolute Gasteiger partial charge is 0.357 e. The fourth-order valence-corrected chi connectivity index (χ4v) is 1.78. The first-order valence-electron chi connectivity index (χ1n) is 6.60. The Bertz CT molecular complexity index is 756. The zero-order chi connectivity index (χ0) is 15.9. The highest BCUT2D eigenvalue weighted by Gasteiger charge is 2.16. The van der Waals surface area contributed by atoms with E-state index < -0.39 is 0 Å². The van der Waals surface area contributed by atoms with Crippen molar-refractivity contribution in [3.63, 3.8) is 0 Å². The summed E-state index contributed by atoms with van der Waals surface area (Å²) in [7, 11) is 0. The number of esters is 1. The summed E-state index contributed by atoms with van der Waals surface area (Å²) in [4.78, 5) is 27.2. The van der Waals surface area contributed by atoms with Gasteiger partial charge in [-0.05, 0) is 13.8 Å². The number of carbonyl (C=O) groups excluding carboxylic acids is 1. The van der Waals surface area contributed by atoms with E-state index in [-0.39, 0.29) is 5.97 Å². The molecule has 0 fully saturated rings. The van der Waals surface area contributed by atoms with Gasteiger partial charge in [0.2, 0.25) is 0 Å². The van der Waals surface area contributed by atoms with Gasteiger partial charge in [0.1, 0.15) is 5.82 Å². The van der Waals surface area contributed by atoms with Crippen LogP contribution >= 0.6 is 0 Å². The quantitative estimate of drug-likeness (QED) is 0.710. The number of carbonyl (C=O) groups is 1. The summed E-state index contributed by atoms with van der Waals surface area (Å²) < 4.78 is 6.64. The fraction of sp³-hybridized carbons (Fsp3) is 0.214. The van der Waals surface area contributed by atoms with Crippen molar-refractivity contribution in [2.24, 2.45) is 0 Å². The fourth-order valence-electron chi connectivity index (χ4n) is 1.78. The van der Waals surface area contributed by atoms with Crippen molar-refractivity contribution in [1.29, 1.82) is 0 Å². The molecule has 3 aromatic rings. The lowest BCUT2D eigenvalue weighted by molar-refractivity contribution is 0.0517. The van der Waals surface area contributed by atoms with Crippen molar-refractivity contribution in [3.8, 4) is 0 Å². The SMILES string of the molecule is CCOC(=O)c1c(C)nc2cnccn12.Nc1cnccn1. The molecule has 0 aliphatic heterocycles. The van der Waals surface area contributed by atoms with E-state index in [1.54, 1.807) is 49.2 Å². The average molecular weight is 300 g/mol. The monoisotopic (exact) mass is 300 g/mol. The molecule has 0 saturated heterocycles. The third-order valence-electron chi connectivity index (χ3n) is 2.66. The summed E-state index contributed by atoms with van der Waals surface area (Å²) in [6.45, 7) is 3.91. The van der Waals surface area contributed by atoms with Crippen LogP contribution in [0.1, 0.15) is 23.1 Å². The number of fused-ring (bicyclic) bond motifs is 1. The average Bonchev–Trinajstić information content (AvgIpc) is 2.84. The largest absolute Gasteiger partial charge is 0.461 e. The van der Waals surface area contributed by atoms with Crippen LogP contribution in [0.25, 0.3) is 5.65 Å². The maximum Gasteiger partial charge on any atom is 0.357 e. The Balaban J connectivity index is 0.000000211. The van der Waals surface area contributed by atoms with Crippen LogP contribution < -0.4 is 5.73 Å². The predicted molar refractivity (Wildman–Crippen MR) is 80.1 cm³/mol. The van der Waals surface area contributed by atoms with E-state index in [1.807, 2.05) is 0 Å². The highest BCUT2D eigenvalue weighted by molar-refractivity contribution is 5.89. The van der Waals surface area contributed by atoms with Crippen molar-refractivity contribution in [1.82, 2.24) is 24.3 Å². The van der Waals surface area contributed by atoms with Crippen molar-refractivity contribution in [3.05, 3.63) is 48.6 Å². The molecule has 0 aliphatic rings. The molecule has 0 aromatic carbocycles. The zero-order valence-electron chi connectivity index (χ0n) is 12.3. The Kier molecular flexibility index (Phi) is 4.97. The van der Waals surface area contributed by atoms with Crippen LogP contribution in [0.3, 0.4) is 0 Å². The molecule has 8 nitrogen and oxygen atoms in total. The summed E-state index contributed by atoms with van der Waals surface area (Å²) in [5.41, 5.74) is 6.96. The Labute approximate surface area is 127 Å². The first-order valence-corrected chi connectivity index (χ1v) is 6.60. The minimum atomic E-state index is -0.353. The molecule has 2 N–H and O–H groups in total. The number of hydrogen-bond acceptors (Lipinski definition) is 7. The minimum Gasteiger partial charge on any atom is -0.461 e. The molecule has 0 amide bonds. The number of imidazole rings is 1. The second kappa shape index (κ2) is 7.11. The summed E-state index contributed by atoms with van der Waals surface area (Å²) in [6.07, 6.45) is 9.54. The van der Waals surface area contributed by atoms with E-state index in [1.165, 1.54) is 6.20 Å². The Morgan fingerprint density at radius 1 is 1.27 bits per heavy atom. The van der Waals surface area contributed by atoms with Gasteiger partial charge in [0, 0.05) is 24.8 Å². The van der Waals surface area contributed by atoms with Gasteiger partial charge >= 0.3 is 5.97 Å². The summed E-state index contributed by atoms with van der Waals surface area (Å²) in [6, 6.07) is 0. The molecular formula is C14H16N6O2. The molecule has 0 atom stereocenters. The topological polar surface area (TPSA) is 108 Å². The van der Waals surface area contributed by atoms with Gasteiger partial charge in [-0.15, -0.1) is 0 Å². The van der Waals surface area contributed by atoms with Gasteiger partial charge < -0.3 is 10.5 Å². The third-order valence-corrected chi connectivity index (χ3v) is 2.66. The van der Waals surface area contributed by atoms with Gasteiger partial charge in [0.15, 0.2) is 11.3 Å². The van der Waals surface area contributed by atoms with Gasteiger partial charge in [0.25, 0.3) is 0 Å². The van der Waals surface area contributed by atoms with Crippen LogP contribution in [0.4, 0.5) is 5.82 Å². The van der Waals surface area contributed by atoms with Crippen molar-refractivity contribution >= 4 is 17.4 Å². The molecule has 0 unspecified atom stereocenters. The summed E-state index contributed by atoms with van der Waals surface area (Å²) in [5.74, 6) is 0.108. The van der Waals surface area contributed by atoms with Gasteiger partial charge in [0.05, 0.1) is 24.7 Å². The Morgan fingerprint density at radius 2 is 2.05 bits per heavy atom. The molecule has 0 aliphatic carbocycles. The van der Waals surface area contributed by atoms with Crippen molar-refractivity contribution in [2.75, 3.05) is 12.3 Å². The Hall–Kier alpha value is -3.03. The maximum atomic E-state index is 11.6. The van der Waals surface area contributed by atoms with Crippen molar-refractivity contribution in [2.45, 2.75) is 13.8 Å². The molecule has 3 rings (SSSR count). The van der Waals surface area contributed by atoms with Crippen LogP contribution in [0, 0.1) is 6.92 Å². The van der Waals surface area contributed by atoms with Crippen LogP contribution in [0.15, 0.2) is 37.2 Å². The number of hydrogen-bond donors (Lipinski definition) is 1. The number of nitrogen functional groups attached to an aromatic ring is 1. The molecule has 0 bridgehead atoms.